The fraction of sp³-hybridized carbons (Fsp3) is 0.300. The van der Waals surface area contributed by atoms with Gasteiger partial charge >= 0.3 is 5.97 Å². The van der Waals surface area contributed by atoms with Crippen molar-refractivity contribution in [2.24, 2.45) is 0 Å². The molecule has 0 heterocycles. The Hall–Kier alpha value is -1.90. The van der Waals surface area contributed by atoms with Gasteiger partial charge < -0.3 is 10.1 Å². The summed E-state index contributed by atoms with van der Waals surface area (Å²) in [7, 11) is -3.62. The molecule has 0 aliphatic heterocycles. The van der Waals surface area contributed by atoms with Gasteiger partial charge in [-0.1, -0.05) is 17.7 Å². The average Bonchev–Trinajstić information content (AvgIpc) is 2.65. The van der Waals surface area contributed by atoms with Gasteiger partial charge in [0.15, 0.2) is 16.4 Å². The van der Waals surface area contributed by atoms with E-state index in [1.807, 2.05) is 13.8 Å². The summed E-state index contributed by atoms with van der Waals surface area (Å²) in [6.45, 7) is 4.98. The molecule has 0 aliphatic carbocycles. The maximum absolute atomic E-state index is 12.4. The Morgan fingerprint density at radius 2 is 1.76 bits per heavy atom. The molecule has 0 spiro atoms. The first-order valence-electron chi connectivity index (χ1n) is 8.70. The van der Waals surface area contributed by atoms with E-state index < -0.39 is 34.1 Å². The maximum atomic E-state index is 12.4. The molecule has 2 aromatic rings. The van der Waals surface area contributed by atoms with Crippen molar-refractivity contribution in [1.82, 2.24) is 0 Å². The van der Waals surface area contributed by atoms with Crippen molar-refractivity contribution in [2.75, 3.05) is 17.7 Å². The van der Waals surface area contributed by atoms with E-state index in [0.717, 1.165) is 16.7 Å². The third kappa shape index (κ3) is 6.55. The van der Waals surface area contributed by atoms with Gasteiger partial charge in [0.25, 0.3) is 5.91 Å². The zero-order valence-electron chi connectivity index (χ0n) is 16.2. The van der Waals surface area contributed by atoms with Gasteiger partial charge in [-0.15, -0.1) is 0 Å². The lowest BCUT2D eigenvalue weighted by atomic mass is 10.1. The predicted octanol–water partition coefficient (Wildman–Crippen LogP) is 4.37. The minimum Gasteiger partial charge on any atom is -0.456 e. The number of aryl methyl sites for hydroxylation is 3. The normalized spacial score (nSPS) is 11.2. The first kappa shape index (κ1) is 23.4. The number of benzene rings is 2. The summed E-state index contributed by atoms with van der Waals surface area (Å²) in [6.07, 6.45) is -0.342. The summed E-state index contributed by atoms with van der Waals surface area (Å²) in [5, 5.41) is 3.03. The second kappa shape index (κ2) is 9.73. The number of nitrogens with one attached hydrogen (secondary N) is 1. The number of ether oxygens (including phenoxy) is 1. The zero-order valence-corrected chi connectivity index (χ0v) is 19.4. The summed E-state index contributed by atoms with van der Waals surface area (Å²) in [4.78, 5) is 24.0. The Kier molecular flexibility index (Phi) is 7.85. The van der Waals surface area contributed by atoms with Crippen LogP contribution in [0.1, 0.15) is 23.1 Å². The van der Waals surface area contributed by atoms with Gasteiger partial charge in [0.05, 0.1) is 22.1 Å². The number of amides is 1. The zero-order chi connectivity index (χ0) is 21.8. The predicted molar refractivity (Wildman–Crippen MR) is 116 cm³/mol. The van der Waals surface area contributed by atoms with Crippen LogP contribution >= 0.6 is 27.5 Å². The summed E-state index contributed by atoms with van der Waals surface area (Å²) in [5.74, 6) is -1.70. The number of hydrogen-bond acceptors (Lipinski definition) is 5. The molecule has 2 rings (SSSR count). The van der Waals surface area contributed by atoms with Gasteiger partial charge in [-0.25, -0.2) is 8.42 Å². The molecule has 0 unspecified atom stereocenters. The highest BCUT2D eigenvalue weighted by Crippen LogP contribution is 2.28. The highest BCUT2D eigenvalue weighted by atomic mass is 79.9. The third-order valence-electron chi connectivity index (χ3n) is 4.32. The number of hydrogen-bond donors (Lipinski definition) is 1. The molecule has 9 heteroatoms. The summed E-state index contributed by atoms with van der Waals surface area (Å²) >= 11 is 9.30. The molecule has 0 atom stereocenters. The monoisotopic (exact) mass is 501 g/mol. The minimum atomic E-state index is -3.62. The Morgan fingerprint density at radius 1 is 1.07 bits per heavy atom. The Bertz CT molecular complexity index is 1050. The lowest BCUT2D eigenvalue weighted by Gasteiger charge is -2.11. The molecule has 29 heavy (non-hydrogen) atoms. The number of anilines is 1. The van der Waals surface area contributed by atoms with Crippen LogP contribution < -0.4 is 5.32 Å². The minimum absolute atomic E-state index is 0.161. The summed E-state index contributed by atoms with van der Waals surface area (Å²) in [6, 6.07) is 8.15. The molecule has 2 aromatic carbocycles. The smallest absolute Gasteiger partial charge is 0.307 e. The highest BCUT2D eigenvalue weighted by molar-refractivity contribution is 9.10. The lowest BCUT2D eigenvalue weighted by molar-refractivity contribution is -0.146. The van der Waals surface area contributed by atoms with Crippen molar-refractivity contribution in [3.8, 4) is 0 Å². The van der Waals surface area contributed by atoms with E-state index in [1.165, 1.54) is 6.07 Å². The average molecular weight is 503 g/mol. The van der Waals surface area contributed by atoms with E-state index >= 15 is 0 Å². The van der Waals surface area contributed by atoms with Crippen molar-refractivity contribution >= 4 is 54.9 Å². The molecule has 1 N–H and O–H groups in total. The first-order chi connectivity index (χ1) is 13.5. The molecule has 0 fully saturated rings. The molecule has 0 saturated carbocycles. The Balaban J connectivity index is 1.87. The quantitative estimate of drug-likeness (QED) is 0.568. The molecule has 0 aromatic heterocycles. The SMILES string of the molecule is Cc1ccc(S(=O)(=O)CCC(=O)OCC(=O)Nc2cc(Cl)c(Br)cc2C)cc1C. The lowest BCUT2D eigenvalue weighted by Crippen LogP contribution is -2.22. The van der Waals surface area contributed by atoms with E-state index in [4.69, 9.17) is 16.3 Å². The van der Waals surface area contributed by atoms with Crippen LogP contribution in [0.5, 0.6) is 0 Å². The van der Waals surface area contributed by atoms with Crippen molar-refractivity contribution in [1.29, 1.82) is 0 Å². The summed E-state index contributed by atoms with van der Waals surface area (Å²) in [5.41, 5.74) is 3.11. The topological polar surface area (TPSA) is 89.5 Å². The number of halogens is 2. The van der Waals surface area contributed by atoms with Crippen LogP contribution in [0.3, 0.4) is 0 Å². The van der Waals surface area contributed by atoms with Gasteiger partial charge in [0.1, 0.15) is 0 Å². The van der Waals surface area contributed by atoms with Crippen LogP contribution in [0.4, 0.5) is 5.69 Å². The molecular weight excluding hydrogens is 482 g/mol. The van der Waals surface area contributed by atoms with E-state index in [-0.39, 0.29) is 11.3 Å². The van der Waals surface area contributed by atoms with Gasteiger partial charge in [-0.05, 0) is 77.7 Å². The third-order valence-corrected chi connectivity index (χ3v) is 7.23. The van der Waals surface area contributed by atoms with Crippen molar-refractivity contribution in [2.45, 2.75) is 32.1 Å². The molecule has 156 valence electrons. The van der Waals surface area contributed by atoms with Crippen molar-refractivity contribution in [3.05, 3.63) is 56.5 Å². The number of esters is 1. The first-order valence-corrected chi connectivity index (χ1v) is 11.5. The number of carbonyl (C=O) groups excluding carboxylic acids is 2. The largest absolute Gasteiger partial charge is 0.456 e. The maximum Gasteiger partial charge on any atom is 0.307 e. The van der Waals surface area contributed by atoms with Crippen LogP contribution in [0, 0.1) is 20.8 Å². The van der Waals surface area contributed by atoms with Crippen LogP contribution in [0.15, 0.2) is 39.7 Å². The van der Waals surface area contributed by atoms with Crippen LogP contribution in [-0.2, 0) is 24.2 Å². The molecule has 0 aliphatic rings. The van der Waals surface area contributed by atoms with Crippen molar-refractivity contribution < 1.29 is 22.7 Å². The second-order valence-electron chi connectivity index (χ2n) is 6.61. The van der Waals surface area contributed by atoms with Gasteiger partial charge in [-0.2, -0.15) is 0 Å². The molecule has 1 amide bonds. The van der Waals surface area contributed by atoms with Gasteiger partial charge in [-0.3, -0.25) is 9.59 Å². The fourth-order valence-electron chi connectivity index (χ4n) is 2.43. The molecule has 6 nitrogen and oxygen atoms in total. The molecule has 0 saturated heterocycles. The number of sulfone groups is 1. The number of carbonyl (C=O) groups is 2. The molecule has 0 bridgehead atoms. The van der Waals surface area contributed by atoms with E-state index in [1.54, 1.807) is 31.2 Å². The van der Waals surface area contributed by atoms with Crippen LogP contribution in [0.2, 0.25) is 5.02 Å². The number of rotatable bonds is 7. The molecular formula is C20H21BrClNO5S. The Morgan fingerprint density at radius 3 is 2.41 bits per heavy atom. The van der Waals surface area contributed by atoms with Crippen LogP contribution in [-0.4, -0.2) is 32.7 Å². The van der Waals surface area contributed by atoms with Gasteiger partial charge in [0.2, 0.25) is 0 Å². The van der Waals surface area contributed by atoms with E-state index in [2.05, 4.69) is 21.2 Å². The fourth-order valence-corrected chi connectivity index (χ4v) is 4.35. The van der Waals surface area contributed by atoms with E-state index in [0.29, 0.717) is 15.2 Å². The van der Waals surface area contributed by atoms with Gasteiger partial charge in [0, 0.05) is 10.2 Å². The second-order valence-corrected chi connectivity index (χ2v) is 9.98. The molecule has 0 radical (unpaired) electrons. The Labute approximate surface area is 183 Å². The standard InChI is InChI=1S/C20H21BrClNO5S/c1-12-4-5-15(8-13(12)2)29(26,27)7-6-20(25)28-11-19(24)23-18-10-17(22)16(21)9-14(18)3/h4-5,8-10H,6-7,11H2,1-3H3,(H,23,24). The summed E-state index contributed by atoms with van der Waals surface area (Å²) < 4.78 is 30.3. The highest BCUT2D eigenvalue weighted by Gasteiger charge is 2.18. The van der Waals surface area contributed by atoms with Crippen LogP contribution in [0.25, 0.3) is 0 Å². The van der Waals surface area contributed by atoms with E-state index in [9.17, 15) is 18.0 Å². The van der Waals surface area contributed by atoms with Crippen molar-refractivity contribution in [3.63, 3.8) is 0 Å².